The molecule has 2 rings (SSSR count). The first-order valence-electron chi connectivity index (χ1n) is 5.08. The molecule has 1 aliphatic heterocycles. The van der Waals surface area contributed by atoms with E-state index in [0.717, 1.165) is 6.42 Å². The molecule has 0 aromatic heterocycles. The minimum Gasteiger partial charge on any atom is -0.494 e. The number of ether oxygens (including phenoxy) is 2. The van der Waals surface area contributed by atoms with Gasteiger partial charge in [0.25, 0.3) is 6.02 Å². The van der Waals surface area contributed by atoms with E-state index in [0.29, 0.717) is 19.0 Å². The molecule has 0 fully saturated rings. The fourth-order valence-corrected chi connectivity index (χ4v) is 1.43. The Morgan fingerprint density at radius 3 is 2.81 bits per heavy atom. The summed E-state index contributed by atoms with van der Waals surface area (Å²) in [6.45, 7) is 1.02. The van der Waals surface area contributed by atoms with Gasteiger partial charge in [-0.2, -0.15) is 0 Å². The van der Waals surface area contributed by atoms with Crippen LogP contribution < -0.4 is 10.5 Å². The minimum atomic E-state index is -0.270. The van der Waals surface area contributed by atoms with Crippen LogP contribution in [0.4, 0.5) is 4.39 Å². The zero-order valence-corrected chi connectivity index (χ0v) is 8.73. The molecule has 0 unspecified atom stereocenters. The van der Waals surface area contributed by atoms with Crippen LogP contribution in [0.5, 0.6) is 5.75 Å². The highest BCUT2D eigenvalue weighted by Gasteiger charge is 2.16. The zero-order valence-electron chi connectivity index (χ0n) is 8.73. The molecule has 5 heteroatoms. The van der Waals surface area contributed by atoms with Crippen molar-refractivity contribution in [3.63, 3.8) is 0 Å². The lowest BCUT2D eigenvalue weighted by molar-refractivity contribution is 0.263. The van der Waals surface area contributed by atoms with Gasteiger partial charge in [-0.15, -0.1) is 0 Å². The Hall–Kier alpha value is -1.78. The van der Waals surface area contributed by atoms with Gasteiger partial charge in [0.1, 0.15) is 18.2 Å². The lowest BCUT2D eigenvalue weighted by atomic mass is 10.2. The summed E-state index contributed by atoms with van der Waals surface area (Å²) in [6.07, 6.45) is 0.734. The molecule has 0 aliphatic carbocycles. The lowest BCUT2D eigenvalue weighted by Crippen LogP contribution is -2.12. The Kier molecular flexibility index (Phi) is 3.24. The zero-order chi connectivity index (χ0) is 11.4. The second-order valence-electron chi connectivity index (χ2n) is 3.52. The first-order valence-corrected chi connectivity index (χ1v) is 5.08. The number of hydrogen-bond acceptors (Lipinski definition) is 4. The van der Waals surface area contributed by atoms with Crippen molar-refractivity contribution in [2.75, 3.05) is 13.2 Å². The van der Waals surface area contributed by atoms with Crippen LogP contribution in [0, 0.1) is 5.82 Å². The molecule has 0 bridgehead atoms. The monoisotopic (exact) mass is 224 g/mol. The molecule has 1 atom stereocenters. The number of halogens is 1. The van der Waals surface area contributed by atoms with Crippen LogP contribution in [-0.4, -0.2) is 25.3 Å². The summed E-state index contributed by atoms with van der Waals surface area (Å²) in [4.78, 5) is 4.07. The molecule has 16 heavy (non-hydrogen) atoms. The number of amidine groups is 1. The lowest BCUT2D eigenvalue weighted by Gasteiger charge is -2.07. The highest BCUT2D eigenvalue weighted by atomic mass is 19.1. The van der Waals surface area contributed by atoms with E-state index >= 15 is 0 Å². The number of nitrogens with zero attached hydrogens (tertiary/aromatic N) is 1. The molecule has 1 aliphatic rings. The van der Waals surface area contributed by atoms with Crippen molar-refractivity contribution in [1.29, 1.82) is 0 Å². The van der Waals surface area contributed by atoms with Crippen molar-refractivity contribution in [3.05, 3.63) is 30.1 Å². The van der Waals surface area contributed by atoms with E-state index in [4.69, 9.17) is 15.2 Å². The third-order valence-electron chi connectivity index (χ3n) is 2.27. The van der Waals surface area contributed by atoms with Crippen molar-refractivity contribution in [3.8, 4) is 5.75 Å². The van der Waals surface area contributed by atoms with Crippen molar-refractivity contribution < 1.29 is 13.9 Å². The molecule has 0 radical (unpaired) electrons. The molecule has 86 valence electrons. The van der Waals surface area contributed by atoms with Gasteiger partial charge in [-0.3, -0.25) is 0 Å². The highest BCUT2D eigenvalue weighted by Crippen LogP contribution is 2.13. The first-order chi connectivity index (χ1) is 7.74. The molecule has 0 saturated carbocycles. The van der Waals surface area contributed by atoms with Gasteiger partial charge in [0.15, 0.2) is 0 Å². The second-order valence-corrected chi connectivity index (χ2v) is 3.52. The van der Waals surface area contributed by atoms with Crippen LogP contribution in [0.1, 0.15) is 6.42 Å². The summed E-state index contributed by atoms with van der Waals surface area (Å²) in [5, 5.41) is 0. The van der Waals surface area contributed by atoms with E-state index in [9.17, 15) is 4.39 Å². The normalized spacial score (nSPS) is 19.1. The average Bonchev–Trinajstić information content (AvgIpc) is 2.67. The molecule has 0 saturated heterocycles. The molecule has 2 N–H and O–H groups in total. The largest absolute Gasteiger partial charge is 0.494 e. The molecular formula is C11H13FN2O2. The van der Waals surface area contributed by atoms with Crippen molar-refractivity contribution >= 4 is 6.02 Å². The van der Waals surface area contributed by atoms with Gasteiger partial charge in [0.2, 0.25) is 0 Å². The van der Waals surface area contributed by atoms with Crippen LogP contribution in [0.25, 0.3) is 0 Å². The Labute approximate surface area is 92.9 Å². The van der Waals surface area contributed by atoms with E-state index in [-0.39, 0.29) is 17.9 Å². The fourth-order valence-electron chi connectivity index (χ4n) is 1.43. The van der Waals surface area contributed by atoms with Crippen LogP contribution in [0.3, 0.4) is 0 Å². The van der Waals surface area contributed by atoms with Crippen molar-refractivity contribution in [2.24, 2.45) is 10.7 Å². The number of aliphatic imine (C=N–C) groups is 1. The van der Waals surface area contributed by atoms with E-state index in [2.05, 4.69) is 4.99 Å². The summed E-state index contributed by atoms with van der Waals surface area (Å²) in [6, 6.07) is 6.23. The standard InChI is InChI=1S/C11H13FN2O2/c12-8-1-3-10(4-2-8)15-6-5-9-7-16-11(13)14-9/h1-4,9H,5-7H2,(H2,13,14)/t9-/m0/s1. The molecule has 1 aromatic rings. The SMILES string of the molecule is NC1=N[C@@H](CCOc2ccc(F)cc2)CO1. The van der Waals surface area contributed by atoms with E-state index in [1.54, 1.807) is 12.1 Å². The predicted octanol–water partition coefficient (Wildman–Crippen LogP) is 1.31. The maximum Gasteiger partial charge on any atom is 0.282 e. The summed E-state index contributed by atoms with van der Waals surface area (Å²) < 4.78 is 23.0. The maximum absolute atomic E-state index is 12.6. The topological polar surface area (TPSA) is 56.8 Å². The van der Waals surface area contributed by atoms with Gasteiger partial charge in [-0.1, -0.05) is 0 Å². The molecule has 0 spiro atoms. The van der Waals surface area contributed by atoms with Gasteiger partial charge in [-0.25, -0.2) is 9.38 Å². The van der Waals surface area contributed by atoms with Gasteiger partial charge < -0.3 is 15.2 Å². The smallest absolute Gasteiger partial charge is 0.282 e. The first kappa shape index (κ1) is 10.7. The summed E-state index contributed by atoms with van der Waals surface area (Å²) >= 11 is 0. The third-order valence-corrected chi connectivity index (χ3v) is 2.27. The van der Waals surface area contributed by atoms with Gasteiger partial charge in [-0.05, 0) is 24.3 Å². The quantitative estimate of drug-likeness (QED) is 0.838. The second kappa shape index (κ2) is 4.83. The molecular weight excluding hydrogens is 211 g/mol. The Morgan fingerprint density at radius 1 is 1.44 bits per heavy atom. The minimum absolute atomic E-state index is 0.0699. The molecule has 1 heterocycles. The summed E-state index contributed by atoms with van der Waals surface area (Å²) in [5.74, 6) is 0.381. The predicted molar refractivity (Wildman–Crippen MR) is 57.9 cm³/mol. The summed E-state index contributed by atoms with van der Waals surface area (Å²) in [7, 11) is 0. The van der Waals surface area contributed by atoms with E-state index in [1.807, 2.05) is 0 Å². The van der Waals surface area contributed by atoms with Gasteiger partial charge in [0, 0.05) is 6.42 Å². The number of rotatable bonds is 4. The number of hydrogen-bond donors (Lipinski definition) is 1. The molecule has 4 nitrogen and oxygen atoms in total. The Bertz CT molecular complexity index is 378. The fraction of sp³-hybridized carbons (Fsp3) is 0.364. The van der Waals surface area contributed by atoms with Gasteiger partial charge in [0.05, 0.1) is 12.6 Å². The average molecular weight is 224 g/mol. The van der Waals surface area contributed by atoms with Crippen molar-refractivity contribution in [1.82, 2.24) is 0 Å². The van der Waals surface area contributed by atoms with Gasteiger partial charge >= 0.3 is 0 Å². The van der Waals surface area contributed by atoms with E-state index in [1.165, 1.54) is 12.1 Å². The van der Waals surface area contributed by atoms with Crippen LogP contribution in [-0.2, 0) is 4.74 Å². The van der Waals surface area contributed by atoms with Crippen LogP contribution in [0.2, 0.25) is 0 Å². The Balaban J connectivity index is 1.74. The highest BCUT2D eigenvalue weighted by molar-refractivity contribution is 5.72. The van der Waals surface area contributed by atoms with Crippen LogP contribution >= 0.6 is 0 Å². The number of benzene rings is 1. The van der Waals surface area contributed by atoms with Crippen LogP contribution in [0.15, 0.2) is 29.3 Å². The van der Waals surface area contributed by atoms with E-state index < -0.39 is 0 Å². The maximum atomic E-state index is 12.6. The molecule has 0 amide bonds. The third kappa shape index (κ3) is 2.85. The Morgan fingerprint density at radius 2 is 2.19 bits per heavy atom. The van der Waals surface area contributed by atoms with Crippen molar-refractivity contribution in [2.45, 2.75) is 12.5 Å². The summed E-state index contributed by atoms with van der Waals surface area (Å²) in [5.41, 5.74) is 5.37. The number of nitrogens with two attached hydrogens (primary N) is 1. The molecule has 1 aromatic carbocycles.